The Morgan fingerprint density at radius 2 is 1.78 bits per heavy atom. The monoisotopic (exact) mass is 429 g/mol. The molecule has 1 N–H and O–H groups in total. The van der Waals surface area contributed by atoms with Crippen molar-refractivity contribution in [3.05, 3.63) is 90.6 Å². The average Bonchev–Trinajstić information content (AvgIpc) is 3.24. The number of halogens is 1. The van der Waals surface area contributed by atoms with Crippen molar-refractivity contribution in [2.45, 2.75) is 6.54 Å². The number of carbonyl (C=O) groups is 1. The molecule has 0 aliphatic rings. The molecule has 4 rings (SSSR count). The van der Waals surface area contributed by atoms with Crippen molar-refractivity contribution in [3.63, 3.8) is 0 Å². The van der Waals surface area contributed by atoms with Gasteiger partial charge in [0, 0.05) is 61.6 Å². The molecule has 2 aromatic carbocycles. The second kappa shape index (κ2) is 9.43. The Hall–Kier alpha value is -4.00. The van der Waals surface area contributed by atoms with Gasteiger partial charge in [0.1, 0.15) is 11.5 Å². The molecule has 0 spiro atoms. The summed E-state index contributed by atoms with van der Waals surface area (Å²) in [6.07, 6.45) is 5.39. The first-order valence-corrected chi connectivity index (χ1v) is 10.3. The van der Waals surface area contributed by atoms with Crippen LogP contribution in [0.1, 0.15) is 10.4 Å². The van der Waals surface area contributed by atoms with Gasteiger partial charge in [-0.05, 0) is 60.2 Å². The van der Waals surface area contributed by atoms with Crippen LogP contribution in [0.25, 0.3) is 22.4 Å². The summed E-state index contributed by atoms with van der Waals surface area (Å²) in [5.41, 5.74) is 5.04. The summed E-state index contributed by atoms with van der Waals surface area (Å²) >= 11 is 0. The quantitative estimate of drug-likeness (QED) is 0.477. The number of anilines is 1. The number of carbonyl (C=O) groups excluding carboxylic acids is 1. The number of benzene rings is 2. The Labute approximate surface area is 186 Å². The molecule has 0 saturated carbocycles. The summed E-state index contributed by atoms with van der Waals surface area (Å²) in [7, 11) is 3.88. The molecular formula is C25H24FN5O. The van der Waals surface area contributed by atoms with Gasteiger partial charge in [-0.1, -0.05) is 6.07 Å². The van der Waals surface area contributed by atoms with Crippen molar-refractivity contribution < 1.29 is 9.18 Å². The molecule has 0 radical (unpaired) electrons. The van der Waals surface area contributed by atoms with E-state index in [-0.39, 0.29) is 11.7 Å². The van der Waals surface area contributed by atoms with E-state index >= 15 is 0 Å². The molecule has 0 unspecified atom stereocenters. The summed E-state index contributed by atoms with van der Waals surface area (Å²) in [5.74, 6) is -0.423. The Morgan fingerprint density at radius 1 is 1.03 bits per heavy atom. The van der Waals surface area contributed by atoms with Gasteiger partial charge in [0.15, 0.2) is 0 Å². The predicted octanol–water partition coefficient (Wildman–Crippen LogP) is 4.25. The van der Waals surface area contributed by atoms with E-state index in [4.69, 9.17) is 5.10 Å². The fourth-order valence-electron chi connectivity index (χ4n) is 3.41. The lowest BCUT2D eigenvalue weighted by atomic mass is 10.0. The van der Waals surface area contributed by atoms with Crippen LogP contribution < -0.4 is 10.2 Å². The fourth-order valence-corrected chi connectivity index (χ4v) is 3.41. The molecule has 2 heterocycles. The second-order valence-electron chi connectivity index (χ2n) is 7.60. The van der Waals surface area contributed by atoms with E-state index in [0.29, 0.717) is 18.7 Å². The van der Waals surface area contributed by atoms with Crippen molar-refractivity contribution >= 4 is 11.6 Å². The third-order valence-electron chi connectivity index (χ3n) is 5.12. The minimum absolute atomic E-state index is 0.131. The van der Waals surface area contributed by atoms with Gasteiger partial charge in [0.05, 0.1) is 6.54 Å². The van der Waals surface area contributed by atoms with Crippen LogP contribution >= 0.6 is 0 Å². The lowest BCUT2D eigenvalue weighted by molar-refractivity contribution is 0.0952. The first-order chi connectivity index (χ1) is 15.5. The Bertz CT molecular complexity index is 1200. The number of amides is 1. The summed E-state index contributed by atoms with van der Waals surface area (Å²) in [6.45, 7) is 0.920. The number of nitrogens with one attached hydrogen (secondary N) is 1. The maximum absolute atomic E-state index is 13.4. The molecular weight excluding hydrogens is 405 g/mol. The number of nitrogens with zero attached hydrogens (tertiary/aromatic N) is 4. The molecule has 162 valence electrons. The minimum Gasteiger partial charge on any atom is -0.378 e. The molecule has 0 saturated heterocycles. The van der Waals surface area contributed by atoms with E-state index in [1.807, 2.05) is 55.5 Å². The van der Waals surface area contributed by atoms with Gasteiger partial charge in [-0.2, -0.15) is 5.10 Å². The zero-order chi connectivity index (χ0) is 22.5. The highest BCUT2D eigenvalue weighted by atomic mass is 19.1. The lowest BCUT2D eigenvalue weighted by Gasteiger charge is -2.13. The molecule has 0 aliphatic carbocycles. The highest BCUT2D eigenvalue weighted by Crippen LogP contribution is 2.30. The van der Waals surface area contributed by atoms with Crippen LogP contribution in [-0.4, -0.2) is 41.3 Å². The van der Waals surface area contributed by atoms with Gasteiger partial charge in [0.25, 0.3) is 5.91 Å². The van der Waals surface area contributed by atoms with Gasteiger partial charge in [-0.25, -0.2) is 4.39 Å². The predicted molar refractivity (Wildman–Crippen MR) is 124 cm³/mol. The normalized spacial score (nSPS) is 10.7. The van der Waals surface area contributed by atoms with Gasteiger partial charge >= 0.3 is 0 Å². The van der Waals surface area contributed by atoms with Gasteiger partial charge in [-0.3, -0.25) is 14.5 Å². The maximum Gasteiger partial charge on any atom is 0.251 e. The van der Waals surface area contributed by atoms with Gasteiger partial charge in [0.2, 0.25) is 0 Å². The molecule has 6 nitrogen and oxygen atoms in total. The van der Waals surface area contributed by atoms with E-state index in [0.717, 1.165) is 28.1 Å². The molecule has 2 aromatic heterocycles. The average molecular weight is 429 g/mol. The summed E-state index contributed by atoms with van der Waals surface area (Å²) < 4.78 is 15.2. The number of aromatic nitrogens is 3. The molecule has 0 bridgehead atoms. The van der Waals surface area contributed by atoms with Gasteiger partial charge in [-0.15, -0.1) is 0 Å². The third kappa shape index (κ3) is 4.83. The van der Waals surface area contributed by atoms with E-state index < -0.39 is 0 Å². The van der Waals surface area contributed by atoms with E-state index in [1.165, 1.54) is 12.1 Å². The highest BCUT2D eigenvalue weighted by molar-refractivity contribution is 5.95. The summed E-state index contributed by atoms with van der Waals surface area (Å²) in [6, 6.07) is 17.6. The number of hydrogen-bond acceptors (Lipinski definition) is 4. The molecule has 32 heavy (non-hydrogen) atoms. The van der Waals surface area contributed by atoms with Crippen molar-refractivity contribution in [1.82, 2.24) is 20.1 Å². The van der Waals surface area contributed by atoms with Gasteiger partial charge < -0.3 is 10.2 Å². The van der Waals surface area contributed by atoms with Crippen molar-refractivity contribution in [1.29, 1.82) is 0 Å². The number of rotatable bonds is 7. The second-order valence-corrected chi connectivity index (χ2v) is 7.60. The van der Waals surface area contributed by atoms with Crippen LogP contribution in [-0.2, 0) is 6.54 Å². The number of pyridine rings is 1. The van der Waals surface area contributed by atoms with Crippen molar-refractivity contribution in [2.24, 2.45) is 0 Å². The molecule has 0 fully saturated rings. The maximum atomic E-state index is 13.4. The lowest BCUT2D eigenvalue weighted by Crippen LogP contribution is -2.27. The molecule has 4 aromatic rings. The van der Waals surface area contributed by atoms with E-state index in [2.05, 4.69) is 10.3 Å². The standard InChI is InChI=1S/C25H24FN5O/c1-30(2)22-5-3-4-20(16-22)25(32)28-14-15-31-17-23(18-10-12-27-13-11-18)24(29-31)19-6-8-21(26)9-7-19/h3-13,16-17H,14-15H2,1-2H3,(H,28,32). The first-order valence-electron chi connectivity index (χ1n) is 10.3. The van der Waals surface area contributed by atoms with Crippen molar-refractivity contribution in [2.75, 3.05) is 25.5 Å². The summed E-state index contributed by atoms with van der Waals surface area (Å²) in [5, 5.41) is 7.66. The Balaban J connectivity index is 1.51. The SMILES string of the molecule is CN(C)c1cccc(C(=O)NCCn2cc(-c3ccncc3)c(-c3ccc(F)cc3)n2)c1. The zero-order valence-electron chi connectivity index (χ0n) is 18.0. The Kier molecular flexibility index (Phi) is 6.26. The molecule has 0 aliphatic heterocycles. The first kappa shape index (κ1) is 21.2. The van der Waals surface area contributed by atoms with Crippen LogP contribution in [0.5, 0.6) is 0 Å². The number of hydrogen-bond donors (Lipinski definition) is 1. The largest absolute Gasteiger partial charge is 0.378 e. The molecule has 7 heteroatoms. The van der Waals surface area contributed by atoms with Crippen LogP contribution in [0.3, 0.4) is 0 Å². The van der Waals surface area contributed by atoms with E-state index in [1.54, 1.807) is 35.3 Å². The third-order valence-corrected chi connectivity index (χ3v) is 5.12. The van der Waals surface area contributed by atoms with Crippen LogP contribution in [0, 0.1) is 5.82 Å². The van der Waals surface area contributed by atoms with Crippen LogP contribution in [0.15, 0.2) is 79.3 Å². The molecule has 1 amide bonds. The summed E-state index contributed by atoms with van der Waals surface area (Å²) in [4.78, 5) is 18.6. The molecule has 0 atom stereocenters. The fraction of sp³-hybridized carbons (Fsp3) is 0.160. The van der Waals surface area contributed by atoms with Crippen LogP contribution in [0.4, 0.5) is 10.1 Å². The topological polar surface area (TPSA) is 63.1 Å². The minimum atomic E-state index is -0.292. The van der Waals surface area contributed by atoms with E-state index in [9.17, 15) is 9.18 Å². The smallest absolute Gasteiger partial charge is 0.251 e. The Morgan fingerprint density at radius 3 is 2.50 bits per heavy atom. The van der Waals surface area contributed by atoms with Crippen molar-refractivity contribution in [3.8, 4) is 22.4 Å². The highest BCUT2D eigenvalue weighted by Gasteiger charge is 2.14. The van der Waals surface area contributed by atoms with Crippen LogP contribution in [0.2, 0.25) is 0 Å². The zero-order valence-corrected chi connectivity index (χ0v) is 18.0.